The van der Waals surface area contributed by atoms with Gasteiger partial charge in [-0.15, -0.1) is 0 Å². The van der Waals surface area contributed by atoms with E-state index in [2.05, 4.69) is 66.0 Å². The fraction of sp³-hybridized carbons (Fsp3) is 0.333. The molecule has 1 heteroatoms. The smallest absolute Gasteiger partial charge is 0.0146 e. The summed E-state index contributed by atoms with van der Waals surface area (Å²) < 4.78 is 0. The van der Waals surface area contributed by atoms with Gasteiger partial charge >= 0.3 is 0 Å². The lowest BCUT2D eigenvalue weighted by Crippen LogP contribution is -2.23. The van der Waals surface area contributed by atoms with Gasteiger partial charge in [0.15, 0.2) is 0 Å². The standard InChI is InChI=1S/C18H19N/c1-3-7-13(8-4-1)17-15-11-12-16(19-15)18(17)14-9-5-2-6-10-14/h1-10,15-19H,11-12H2/t15-,16+,17-,18-/m0/s1. The first-order valence-electron chi connectivity index (χ1n) is 7.29. The van der Waals surface area contributed by atoms with E-state index in [4.69, 9.17) is 0 Å². The van der Waals surface area contributed by atoms with Crippen LogP contribution in [0.2, 0.25) is 0 Å². The Labute approximate surface area is 114 Å². The molecule has 1 N–H and O–H groups in total. The number of benzene rings is 2. The molecule has 0 spiro atoms. The number of hydrogen-bond donors (Lipinski definition) is 1. The lowest BCUT2D eigenvalue weighted by atomic mass is 9.72. The maximum Gasteiger partial charge on any atom is 0.0146 e. The SMILES string of the molecule is c1ccc([C@@H]2[C@@H](c3ccccc3)[C@H]3CC[C@@H]2N3)cc1. The molecular weight excluding hydrogens is 230 g/mol. The van der Waals surface area contributed by atoms with Crippen LogP contribution in [0, 0.1) is 0 Å². The van der Waals surface area contributed by atoms with Crippen molar-refractivity contribution in [2.75, 3.05) is 0 Å². The summed E-state index contributed by atoms with van der Waals surface area (Å²) >= 11 is 0. The normalized spacial score (nSPS) is 32.6. The maximum absolute atomic E-state index is 3.82. The Kier molecular flexibility index (Phi) is 2.66. The van der Waals surface area contributed by atoms with Crippen molar-refractivity contribution in [2.45, 2.75) is 36.8 Å². The number of rotatable bonds is 2. The van der Waals surface area contributed by atoms with Crippen LogP contribution in [0.25, 0.3) is 0 Å². The topological polar surface area (TPSA) is 12.0 Å². The predicted molar refractivity (Wildman–Crippen MR) is 78.3 cm³/mol. The van der Waals surface area contributed by atoms with E-state index in [9.17, 15) is 0 Å². The highest BCUT2D eigenvalue weighted by Crippen LogP contribution is 2.49. The first kappa shape index (κ1) is 11.2. The average molecular weight is 249 g/mol. The van der Waals surface area contributed by atoms with Crippen LogP contribution in [0.1, 0.15) is 35.8 Å². The molecule has 2 bridgehead atoms. The molecule has 2 aromatic carbocycles. The Morgan fingerprint density at radius 1 is 0.632 bits per heavy atom. The molecule has 96 valence electrons. The molecule has 0 unspecified atom stereocenters. The Morgan fingerprint density at radius 3 is 1.47 bits per heavy atom. The molecular formula is C18H19N. The van der Waals surface area contributed by atoms with Crippen molar-refractivity contribution in [1.29, 1.82) is 0 Å². The highest BCUT2D eigenvalue weighted by molar-refractivity contribution is 5.36. The zero-order chi connectivity index (χ0) is 12.7. The predicted octanol–water partition coefficient (Wildman–Crippen LogP) is 3.69. The summed E-state index contributed by atoms with van der Waals surface area (Å²) in [6.45, 7) is 0. The summed E-state index contributed by atoms with van der Waals surface area (Å²) in [4.78, 5) is 0. The van der Waals surface area contributed by atoms with Crippen molar-refractivity contribution in [3.63, 3.8) is 0 Å². The number of fused-ring (bicyclic) bond motifs is 2. The molecule has 0 radical (unpaired) electrons. The minimum Gasteiger partial charge on any atom is -0.310 e. The second-order valence-corrected chi connectivity index (χ2v) is 5.83. The van der Waals surface area contributed by atoms with Crippen LogP contribution in [-0.2, 0) is 0 Å². The van der Waals surface area contributed by atoms with Gasteiger partial charge in [0.25, 0.3) is 0 Å². The third kappa shape index (κ3) is 1.81. The first-order chi connectivity index (χ1) is 9.43. The minimum absolute atomic E-state index is 0.641. The summed E-state index contributed by atoms with van der Waals surface area (Å²) in [5.74, 6) is 1.28. The molecule has 0 aliphatic carbocycles. The van der Waals surface area contributed by atoms with Gasteiger partial charge in [0.1, 0.15) is 0 Å². The van der Waals surface area contributed by atoms with Crippen molar-refractivity contribution in [3.8, 4) is 0 Å². The third-order valence-electron chi connectivity index (χ3n) is 4.84. The van der Waals surface area contributed by atoms with E-state index in [-0.39, 0.29) is 0 Å². The summed E-state index contributed by atoms with van der Waals surface area (Å²) in [5, 5.41) is 3.82. The van der Waals surface area contributed by atoms with E-state index < -0.39 is 0 Å². The molecule has 2 heterocycles. The largest absolute Gasteiger partial charge is 0.310 e. The van der Waals surface area contributed by atoms with E-state index in [0.29, 0.717) is 23.9 Å². The quantitative estimate of drug-likeness (QED) is 0.856. The Bertz CT molecular complexity index is 497. The van der Waals surface area contributed by atoms with E-state index in [1.807, 2.05) is 0 Å². The van der Waals surface area contributed by atoms with Crippen LogP contribution in [0.5, 0.6) is 0 Å². The molecule has 1 nitrogen and oxygen atoms in total. The average Bonchev–Trinajstić information content (AvgIpc) is 3.10. The lowest BCUT2D eigenvalue weighted by molar-refractivity contribution is 0.446. The summed E-state index contributed by atoms with van der Waals surface area (Å²) in [6, 6.07) is 23.4. The summed E-state index contributed by atoms with van der Waals surface area (Å²) in [5.41, 5.74) is 2.99. The molecule has 4 rings (SSSR count). The van der Waals surface area contributed by atoms with E-state index in [1.54, 1.807) is 0 Å². The van der Waals surface area contributed by atoms with Crippen LogP contribution >= 0.6 is 0 Å². The zero-order valence-corrected chi connectivity index (χ0v) is 11.0. The molecule has 0 saturated carbocycles. The molecule has 2 saturated heterocycles. The van der Waals surface area contributed by atoms with Crippen LogP contribution < -0.4 is 5.32 Å². The van der Waals surface area contributed by atoms with Gasteiger partial charge in [-0.3, -0.25) is 0 Å². The van der Waals surface area contributed by atoms with Gasteiger partial charge in [-0.05, 0) is 24.0 Å². The highest BCUT2D eigenvalue weighted by atomic mass is 15.0. The van der Waals surface area contributed by atoms with Crippen molar-refractivity contribution < 1.29 is 0 Å². The van der Waals surface area contributed by atoms with Gasteiger partial charge in [-0.25, -0.2) is 0 Å². The first-order valence-corrected chi connectivity index (χ1v) is 7.29. The summed E-state index contributed by atoms with van der Waals surface area (Å²) in [6.07, 6.45) is 2.65. The zero-order valence-electron chi connectivity index (χ0n) is 11.0. The van der Waals surface area contributed by atoms with Gasteiger partial charge in [0, 0.05) is 23.9 Å². The molecule has 2 aromatic rings. The minimum atomic E-state index is 0.641. The molecule has 19 heavy (non-hydrogen) atoms. The Hall–Kier alpha value is -1.60. The second kappa shape index (κ2) is 4.50. The van der Waals surface area contributed by atoms with Crippen molar-refractivity contribution in [1.82, 2.24) is 5.32 Å². The van der Waals surface area contributed by atoms with E-state index >= 15 is 0 Å². The van der Waals surface area contributed by atoms with Gasteiger partial charge in [-0.2, -0.15) is 0 Å². The fourth-order valence-corrected chi connectivity index (χ4v) is 4.10. The van der Waals surface area contributed by atoms with E-state index in [1.165, 1.54) is 24.0 Å². The van der Waals surface area contributed by atoms with Crippen molar-refractivity contribution >= 4 is 0 Å². The van der Waals surface area contributed by atoms with Gasteiger partial charge in [0.05, 0.1) is 0 Å². The van der Waals surface area contributed by atoms with Gasteiger partial charge in [0.2, 0.25) is 0 Å². The van der Waals surface area contributed by atoms with Crippen molar-refractivity contribution in [3.05, 3.63) is 71.8 Å². The van der Waals surface area contributed by atoms with Gasteiger partial charge < -0.3 is 5.32 Å². The van der Waals surface area contributed by atoms with Crippen LogP contribution in [0.15, 0.2) is 60.7 Å². The third-order valence-corrected chi connectivity index (χ3v) is 4.84. The van der Waals surface area contributed by atoms with E-state index in [0.717, 1.165) is 0 Å². The highest BCUT2D eigenvalue weighted by Gasteiger charge is 2.48. The van der Waals surface area contributed by atoms with Crippen LogP contribution in [0.4, 0.5) is 0 Å². The van der Waals surface area contributed by atoms with Crippen LogP contribution in [0.3, 0.4) is 0 Å². The molecule has 4 atom stereocenters. The molecule has 0 amide bonds. The monoisotopic (exact) mass is 249 g/mol. The Morgan fingerprint density at radius 2 is 1.05 bits per heavy atom. The van der Waals surface area contributed by atoms with Crippen LogP contribution in [-0.4, -0.2) is 12.1 Å². The molecule has 2 fully saturated rings. The molecule has 2 aliphatic rings. The lowest BCUT2D eigenvalue weighted by Gasteiger charge is -2.30. The Balaban J connectivity index is 1.76. The second-order valence-electron chi connectivity index (χ2n) is 5.83. The molecule has 0 aromatic heterocycles. The number of nitrogens with one attached hydrogen (secondary N) is 1. The van der Waals surface area contributed by atoms with Crippen molar-refractivity contribution in [2.24, 2.45) is 0 Å². The van der Waals surface area contributed by atoms with Gasteiger partial charge in [-0.1, -0.05) is 60.7 Å². The maximum atomic E-state index is 3.82. The fourth-order valence-electron chi connectivity index (χ4n) is 4.10. The number of hydrogen-bond acceptors (Lipinski definition) is 1. The molecule has 2 aliphatic heterocycles. The summed E-state index contributed by atoms with van der Waals surface area (Å²) in [7, 11) is 0.